The molecule has 7 nitrogen and oxygen atoms in total. The fourth-order valence-corrected chi connectivity index (χ4v) is 3.04. The molecule has 0 saturated heterocycles. The normalized spacial score (nSPS) is 20.8. The number of hydrogen-bond donors (Lipinski definition) is 5. The Bertz CT molecular complexity index is 708. The van der Waals surface area contributed by atoms with Gasteiger partial charge in [0.05, 0.1) is 6.10 Å². The zero-order chi connectivity index (χ0) is 17.2. The molecule has 0 aliphatic heterocycles. The minimum atomic E-state index is -4.60. The molecular formula is C15H18NO6P. The molecule has 124 valence electrons. The number of hydrogen-bond acceptors (Lipinski definition) is 4. The van der Waals surface area contributed by atoms with Crippen molar-refractivity contribution in [1.29, 1.82) is 0 Å². The molecule has 2 rings (SSSR count). The van der Waals surface area contributed by atoms with Gasteiger partial charge < -0.3 is 20.0 Å². The SMILES string of the molecule is CC(c1cccc(O)c1)C(O)C1C=CC(=O)C=C1NP(=O)(O)O. The summed E-state index contributed by atoms with van der Waals surface area (Å²) < 4.78 is 11.2. The standard InChI is InChI=1S/C15H18NO6P/c1-9(10-3-2-4-11(17)7-10)15(19)13-6-5-12(18)8-14(13)16-23(20,21)22/h2-9,13,15,17,19H,1H3,(H3,16,20,21,22). The Labute approximate surface area is 133 Å². The first kappa shape index (κ1) is 17.4. The van der Waals surface area contributed by atoms with Crippen LogP contribution in [0.3, 0.4) is 0 Å². The number of rotatable bonds is 5. The van der Waals surface area contributed by atoms with Crippen molar-refractivity contribution in [2.75, 3.05) is 0 Å². The van der Waals surface area contributed by atoms with E-state index in [0.717, 1.165) is 6.08 Å². The molecule has 3 unspecified atom stereocenters. The average molecular weight is 339 g/mol. The molecule has 5 N–H and O–H groups in total. The lowest BCUT2D eigenvalue weighted by Crippen LogP contribution is -2.32. The summed E-state index contributed by atoms with van der Waals surface area (Å²) in [6, 6.07) is 6.37. The summed E-state index contributed by atoms with van der Waals surface area (Å²) >= 11 is 0. The molecule has 0 heterocycles. The van der Waals surface area contributed by atoms with E-state index < -0.39 is 31.5 Å². The van der Waals surface area contributed by atoms with E-state index in [2.05, 4.69) is 0 Å². The summed E-state index contributed by atoms with van der Waals surface area (Å²) in [4.78, 5) is 29.6. The van der Waals surface area contributed by atoms with Crippen molar-refractivity contribution in [3.05, 3.63) is 53.8 Å². The molecule has 1 aromatic carbocycles. The highest BCUT2D eigenvalue weighted by Gasteiger charge is 2.32. The number of phenolic OH excluding ortho intramolecular Hbond substituents is 1. The van der Waals surface area contributed by atoms with Crippen LogP contribution in [0.1, 0.15) is 18.4 Å². The van der Waals surface area contributed by atoms with Crippen molar-refractivity contribution < 1.29 is 29.4 Å². The van der Waals surface area contributed by atoms with Crippen LogP contribution in [0.15, 0.2) is 48.2 Å². The number of aliphatic hydroxyl groups is 1. The molecule has 1 aromatic rings. The molecule has 0 bridgehead atoms. The molecule has 0 radical (unpaired) electrons. The Kier molecular flexibility index (Phi) is 5.06. The van der Waals surface area contributed by atoms with E-state index in [9.17, 15) is 19.6 Å². The number of benzene rings is 1. The van der Waals surface area contributed by atoms with E-state index in [1.54, 1.807) is 19.1 Å². The van der Waals surface area contributed by atoms with Crippen molar-refractivity contribution in [1.82, 2.24) is 5.09 Å². The first-order valence-electron chi connectivity index (χ1n) is 6.92. The number of nitrogens with one attached hydrogen (secondary N) is 1. The quantitative estimate of drug-likeness (QED) is 0.510. The summed E-state index contributed by atoms with van der Waals surface area (Å²) in [5, 5.41) is 22.1. The van der Waals surface area contributed by atoms with Crippen LogP contribution in [-0.4, -0.2) is 31.9 Å². The van der Waals surface area contributed by atoms with Crippen molar-refractivity contribution >= 4 is 13.5 Å². The highest BCUT2D eigenvalue weighted by molar-refractivity contribution is 7.49. The second kappa shape index (κ2) is 6.68. The molecule has 0 fully saturated rings. The first-order chi connectivity index (χ1) is 10.7. The van der Waals surface area contributed by atoms with E-state index in [4.69, 9.17) is 9.79 Å². The maximum Gasteiger partial charge on any atom is 0.427 e. The Morgan fingerprint density at radius 2 is 2.00 bits per heavy atom. The fraction of sp³-hybridized carbons (Fsp3) is 0.267. The summed E-state index contributed by atoms with van der Waals surface area (Å²) in [7, 11) is -4.60. The third-order valence-electron chi connectivity index (χ3n) is 3.68. The fourth-order valence-electron chi connectivity index (χ4n) is 2.49. The molecule has 0 aromatic heterocycles. The zero-order valence-corrected chi connectivity index (χ0v) is 13.2. The van der Waals surface area contributed by atoms with Gasteiger partial charge in [0.15, 0.2) is 5.78 Å². The maximum atomic E-state index is 11.4. The second-order valence-corrected chi connectivity index (χ2v) is 6.73. The van der Waals surface area contributed by atoms with Crippen molar-refractivity contribution in [2.45, 2.75) is 18.9 Å². The van der Waals surface area contributed by atoms with E-state index in [0.29, 0.717) is 5.56 Å². The number of aliphatic hydroxyl groups excluding tert-OH is 1. The van der Waals surface area contributed by atoms with Gasteiger partial charge in [0, 0.05) is 23.6 Å². The van der Waals surface area contributed by atoms with Gasteiger partial charge >= 0.3 is 7.75 Å². The zero-order valence-electron chi connectivity index (χ0n) is 12.3. The van der Waals surface area contributed by atoms with Gasteiger partial charge in [-0.2, -0.15) is 0 Å². The van der Waals surface area contributed by atoms with Crippen LogP contribution in [0.2, 0.25) is 0 Å². The third kappa shape index (κ3) is 4.53. The third-order valence-corrected chi connectivity index (χ3v) is 4.23. The van der Waals surface area contributed by atoms with Crippen LogP contribution in [0.25, 0.3) is 0 Å². The lowest BCUT2D eigenvalue weighted by atomic mass is 9.83. The number of phenols is 1. The molecular weight excluding hydrogens is 321 g/mol. The second-order valence-electron chi connectivity index (χ2n) is 5.42. The molecule has 0 amide bonds. The molecule has 0 saturated carbocycles. The van der Waals surface area contributed by atoms with Crippen LogP contribution in [0.5, 0.6) is 5.75 Å². The molecule has 23 heavy (non-hydrogen) atoms. The van der Waals surface area contributed by atoms with E-state index in [1.165, 1.54) is 24.3 Å². The maximum absolute atomic E-state index is 11.4. The smallest absolute Gasteiger partial charge is 0.427 e. The number of carbonyl (C=O) groups excluding carboxylic acids is 1. The molecule has 1 aliphatic rings. The number of ketones is 1. The first-order valence-corrected chi connectivity index (χ1v) is 8.53. The van der Waals surface area contributed by atoms with Gasteiger partial charge in [0.1, 0.15) is 5.75 Å². The Balaban J connectivity index is 2.27. The van der Waals surface area contributed by atoms with E-state index in [-0.39, 0.29) is 11.4 Å². The van der Waals surface area contributed by atoms with Gasteiger partial charge in [0.2, 0.25) is 0 Å². The summed E-state index contributed by atoms with van der Waals surface area (Å²) in [5.41, 5.74) is 0.628. The summed E-state index contributed by atoms with van der Waals surface area (Å²) in [6.07, 6.45) is 2.66. The van der Waals surface area contributed by atoms with Crippen molar-refractivity contribution in [3.8, 4) is 5.75 Å². The largest absolute Gasteiger partial charge is 0.508 e. The molecule has 1 aliphatic carbocycles. The lowest BCUT2D eigenvalue weighted by molar-refractivity contribution is -0.110. The van der Waals surface area contributed by atoms with Gasteiger partial charge in [-0.25, -0.2) is 4.57 Å². The van der Waals surface area contributed by atoms with Crippen LogP contribution in [0.4, 0.5) is 0 Å². The number of aromatic hydroxyl groups is 1. The van der Waals surface area contributed by atoms with Crippen molar-refractivity contribution in [3.63, 3.8) is 0 Å². The summed E-state index contributed by atoms with van der Waals surface area (Å²) in [5.74, 6) is -1.58. The van der Waals surface area contributed by atoms with Gasteiger partial charge in [0.25, 0.3) is 0 Å². The number of allylic oxidation sites excluding steroid dienone is 2. The van der Waals surface area contributed by atoms with Crippen LogP contribution < -0.4 is 5.09 Å². The monoisotopic (exact) mass is 339 g/mol. The van der Waals surface area contributed by atoms with Gasteiger partial charge in [-0.05, 0) is 23.8 Å². The Morgan fingerprint density at radius 3 is 2.61 bits per heavy atom. The van der Waals surface area contributed by atoms with E-state index in [1.807, 2.05) is 5.09 Å². The predicted molar refractivity (Wildman–Crippen MR) is 83.4 cm³/mol. The van der Waals surface area contributed by atoms with Crippen LogP contribution in [-0.2, 0) is 9.36 Å². The molecule has 0 spiro atoms. The Morgan fingerprint density at radius 1 is 1.30 bits per heavy atom. The highest BCUT2D eigenvalue weighted by Crippen LogP contribution is 2.37. The van der Waals surface area contributed by atoms with Crippen LogP contribution >= 0.6 is 7.75 Å². The highest BCUT2D eigenvalue weighted by atomic mass is 31.2. The minimum absolute atomic E-state index is 0.0367. The average Bonchev–Trinajstić information content (AvgIpc) is 2.44. The Hall–Kier alpha value is -1.92. The van der Waals surface area contributed by atoms with Gasteiger partial charge in [-0.3, -0.25) is 9.88 Å². The van der Waals surface area contributed by atoms with E-state index >= 15 is 0 Å². The minimum Gasteiger partial charge on any atom is -0.508 e. The molecule has 8 heteroatoms. The van der Waals surface area contributed by atoms with Gasteiger partial charge in [-0.15, -0.1) is 0 Å². The molecule has 3 atom stereocenters. The predicted octanol–water partition coefficient (Wildman–Crippen LogP) is 1.18. The van der Waals surface area contributed by atoms with Gasteiger partial charge in [-0.1, -0.05) is 25.1 Å². The van der Waals surface area contributed by atoms with Crippen LogP contribution in [0, 0.1) is 5.92 Å². The lowest BCUT2D eigenvalue weighted by Gasteiger charge is -2.30. The number of carbonyl (C=O) groups is 1. The topological polar surface area (TPSA) is 127 Å². The van der Waals surface area contributed by atoms with Crippen molar-refractivity contribution in [2.24, 2.45) is 5.92 Å². The summed E-state index contributed by atoms with van der Waals surface area (Å²) in [6.45, 7) is 1.72.